The topological polar surface area (TPSA) is 109 Å². The molecule has 30 heavy (non-hydrogen) atoms. The fourth-order valence-electron chi connectivity index (χ4n) is 4.07. The van der Waals surface area contributed by atoms with Crippen LogP contribution in [-0.2, 0) is 0 Å². The van der Waals surface area contributed by atoms with E-state index in [2.05, 4.69) is 15.5 Å². The van der Waals surface area contributed by atoms with Gasteiger partial charge in [0.1, 0.15) is 10.6 Å². The Morgan fingerprint density at radius 1 is 1.30 bits per heavy atom. The lowest BCUT2D eigenvalue weighted by Gasteiger charge is -2.16. The van der Waals surface area contributed by atoms with E-state index in [1.54, 1.807) is 17.2 Å². The number of fused-ring (bicyclic) bond motifs is 1. The van der Waals surface area contributed by atoms with Gasteiger partial charge in [-0.3, -0.25) is 9.59 Å². The average Bonchev–Trinajstić information content (AvgIpc) is 3.19. The van der Waals surface area contributed by atoms with Gasteiger partial charge in [-0.1, -0.05) is 11.2 Å². The molecule has 2 amide bonds. The summed E-state index contributed by atoms with van der Waals surface area (Å²) >= 11 is 1.35. The molecule has 1 aliphatic heterocycles. The van der Waals surface area contributed by atoms with Crippen molar-refractivity contribution in [3.05, 3.63) is 46.3 Å². The number of nitrogens with one attached hydrogen (secondary N) is 1. The minimum Gasteiger partial charge on any atom is -0.395 e. The third kappa shape index (κ3) is 3.48. The van der Waals surface area contributed by atoms with Crippen LogP contribution in [0.3, 0.4) is 0 Å². The molecule has 1 aliphatic carbocycles. The fourth-order valence-corrected chi connectivity index (χ4v) is 5.21. The van der Waals surface area contributed by atoms with E-state index in [9.17, 15) is 9.59 Å². The van der Waals surface area contributed by atoms with Gasteiger partial charge >= 0.3 is 0 Å². The van der Waals surface area contributed by atoms with Gasteiger partial charge in [-0.25, -0.2) is 4.98 Å². The Balaban J connectivity index is 1.40. The van der Waals surface area contributed by atoms with Gasteiger partial charge in [0, 0.05) is 49.1 Å². The first-order valence-corrected chi connectivity index (χ1v) is 11.0. The zero-order valence-electron chi connectivity index (χ0n) is 16.3. The lowest BCUT2D eigenvalue weighted by molar-refractivity contribution is 0.0780. The van der Waals surface area contributed by atoms with Crippen molar-refractivity contribution < 1.29 is 19.2 Å². The molecule has 3 aromatic heterocycles. The predicted molar refractivity (Wildman–Crippen MR) is 111 cm³/mol. The summed E-state index contributed by atoms with van der Waals surface area (Å²) in [5, 5.41) is 16.7. The van der Waals surface area contributed by atoms with Crippen LogP contribution in [0.2, 0.25) is 0 Å². The molecule has 0 radical (unpaired) electrons. The number of hydrogen-bond acceptors (Lipinski definition) is 7. The summed E-state index contributed by atoms with van der Waals surface area (Å²) < 4.78 is 5.34. The highest BCUT2D eigenvalue weighted by molar-refractivity contribution is 7.20. The number of amides is 2. The molecule has 4 heterocycles. The summed E-state index contributed by atoms with van der Waals surface area (Å²) in [6.45, 7) is 1.21. The lowest BCUT2D eigenvalue weighted by atomic mass is 9.95. The van der Waals surface area contributed by atoms with Gasteiger partial charge < -0.3 is 19.8 Å². The van der Waals surface area contributed by atoms with Crippen molar-refractivity contribution >= 4 is 33.4 Å². The number of hydrogen-bond donors (Lipinski definition) is 2. The Morgan fingerprint density at radius 2 is 2.17 bits per heavy atom. The second-order valence-corrected chi connectivity index (χ2v) is 8.81. The van der Waals surface area contributed by atoms with E-state index in [1.165, 1.54) is 11.3 Å². The Bertz CT molecular complexity index is 1100. The van der Waals surface area contributed by atoms with E-state index in [4.69, 9.17) is 9.63 Å². The molecule has 1 unspecified atom stereocenters. The number of carbonyl (C=O) groups is 2. The molecule has 0 aromatic carbocycles. The number of rotatable bonds is 6. The number of nitrogens with zero attached hydrogens (tertiary/aromatic N) is 3. The quantitative estimate of drug-likeness (QED) is 0.627. The molecule has 0 spiro atoms. The number of carbonyl (C=O) groups excluding carboxylic acids is 2. The summed E-state index contributed by atoms with van der Waals surface area (Å²) in [5.74, 6) is 0.910. The highest BCUT2D eigenvalue weighted by Crippen LogP contribution is 2.41. The van der Waals surface area contributed by atoms with Crippen LogP contribution in [0.4, 0.5) is 0 Å². The van der Waals surface area contributed by atoms with E-state index < -0.39 is 0 Å². The molecule has 1 saturated carbocycles. The maximum absolute atomic E-state index is 12.9. The third-order valence-corrected chi connectivity index (χ3v) is 6.85. The van der Waals surface area contributed by atoms with Crippen molar-refractivity contribution in [1.29, 1.82) is 0 Å². The largest absolute Gasteiger partial charge is 0.395 e. The van der Waals surface area contributed by atoms with Crippen LogP contribution in [0.15, 0.2) is 28.9 Å². The zero-order valence-corrected chi connectivity index (χ0v) is 17.2. The Hall–Kier alpha value is -2.78. The number of likely N-dealkylation sites (tertiary alicyclic amines) is 1. The van der Waals surface area contributed by atoms with Crippen molar-refractivity contribution in [3.8, 4) is 0 Å². The standard InChI is InChI=1S/C21H22N4O4S/c26-9-7-22-19(27)18-17(14-2-1-6-23-20(14)30-18)13-5-8-25(11-13)21(28)15-10-16(29-24-15)12-3-4-12/h1-2,6,10,12-13,26H,3-5,7-9,11H2,(H,22,27). The van der Waals surface area contributed by atoms with Crippen LogP contribution in [0.25, 0.3) is 10.2 Å². The highest BCUT2D eigenvalue weighted by atomic mass is 32.1. The van der Waals surface area contributed by atoms with Gasteiger partial charge in [0.05, 0.1) is 11.5 Å². The second-order valence-electron chi connectivity index (χ2n) is 7.81. The maximum Gasteiger partial charge on any atom is 0.276 e. The van der Waals surface area contributed by atoms with Crippen molar-refractivity contribution in [3.63, 3.8) is 0 Å². The van der Waals surface area contributed by atoms with Crippen molar-refractivity contribution in [2.24, 2.45) is 0 Å². The molecule has 1 saturated heterocycles. The van der Waals surface area contributed by atoms with Crippen molar-refractivity contribution in [2.75, 3.05) is 26.2 Å². The summed E-state index contributed by atoms with van der Waals surface area (Å²) in [5.41, 5.74) is 1.29. The first-order chi connectivity index (χ1) is 14.7. The smallest absolute Gasteiger partial charge is 0.276 e. The van der Waals surface area contributed by atoms with Crippen LogP contribution in [-0.4, -0.2) is 58.2 Å². The van der Waals surface area contributed by atoms with Crippen LogP contribution in [0.5, 0.6) is 0 Å². The Morgan fingerprint density at radius 3 is 2.97 bits per heavy atom. The minimum atomic E-state index is -0.211. The highest BCUT2D eigenvalue weighted by Gasteiger charge is 2.35. The van der Waals surface area contributed by atoms with Gasteiger partial charge in [0.15, 0.2) is 5.69 Å². The number of thiophene rings is 1. The molecular weight excluding hydrogens is 404 g/mol. The maximum atomic E-state index is 12.9. The molecule has 8 nitrogen and oxygen atoms in total. The molecule has 2 aliphatic rings. The van der Waals surface area contributed by atoms with Crippen LogP contribution in [0, 0.1) is 0 Å². The molecule has 2 N–H and O–H groups in total. The first-order valence-electron chi connectivity index (χ1n) is 10.2. The van der Waals surface area contributed by atoms with E-state index in [-0.39, 0.29) is 30.9 Å². The molecule has 0 bridgehead atoms. The monoisotopic (exact) mass is 426 g/mol. The van der Waals surface area contributed by atoms with E-state index in [1.807, 2.05) is 12.1 Å². The van der Waals surface area contributed by atoms with Gasteiger partial charge in [-0.05, 0) is 30.9 Å². The number of aliphatic hydroxyl groups is 1. The second kappa shape index (κ2) is 7.81. The van der Waals surface area contributed by atoms with Crippen LogP contribution < -0.4 is 5.32 Å². The lowest BCUT2D eigenvalue weighted by Crippen LogP contribution is -2.29. The van der Waals surface area contributed by atoms with E-state index in [0.717, 1.165) is 40.8 Å². The molecule has 156 valence electrons. The number of aromatic nitrogens is 2. The van der Waals surface area contributed by atoms with Crippen molar-refractivity contribution in [2.45, 2.75) is 31.1 Å². The summed E-state index contributed by atoms with van der Waals surface area (Å²) in [4.78, 5) is 33.3. The average molecular weight is 426 g/mol. The van der Waals surface area contributed by atoms with Gasteiger partial charge in [-0.2, -0.15) is 0 Å². The summed E-state index contributed by atoms with van der Waals surface area (Å²) in [6.07, 6.45) is 4.66. The fraction of sp³-hybridized carbons (Fsp3) is 0.429. The predicted octanol–water partition coefficient (Wildman–Crippen LogP) is 2.51. The third-order valence-electron chi connectivity index (χ3n) is 5.72. The molecular formula is C21H22N4O4S. The Kier molecular flexibility index (Phi) is 5.00. The zero-order chi connectivity index (χ0) is 20.7. The molecule has 5 rings (SSSR count). The van der Waals surface area contributed by atoms with Crippen molar-refractivity contribution in [1.82, 2.24) is 20.4 Å². The van der Waals surface area contributed by atoms with E-state index in [0.29, 0.717) is 29.6 Å². The SMILES string of the molecule is O=C(NCCO)c1sc2ncccc2c1C1CCN(C(=O)c2cc(C3CC3)on2)C1. The van der Waals surface area contributed by atoms with Gasteiger partial charge in [0.25, 0.3) is 11.8 Å². The normalized spacial score (nSPS) is 18.8. The van der Waals surface area contributed by atoms with E-state index >= 15 is 0 Å². The number of aliphatic hydroxyl groups excluding tert-OH is 1. The number of pyridine rings is 1. The van der Waals surface area contributed by atoms with Crippen LogP contribution >= 0.6 is 11.3 Å². The van der Waals surface area contributed by atoms with Gasteiger partial charge in [0.2, 0.25) is 0 Å². The summed E-state index contributed by atoms with van der Waals surface area (Å²) in [7, 11) is 0. The van der Waals surface area contributed by atoms with Crippen LogP contribution in [0.1, 0.15) is 62.6 Å². The summed E-state index contributed by atoms with van der Waals surface area (Å²) in [6, 6.07) is 5.60. The Labute approximate surface area is 176 Å². The molecule has 3 aromatic rings. The minimum absolute atomic E-state index is 0.0385. The van der Waals surface area contributed by atoms with Gasteiger partial charge in [-0.15, -0.1) is 11.3 Å². The molecule has 2 fully saturated rings. The first kappa shape index (κ1) is 19.2. The molecule has 1 atom stereocenters. The molecule has 9 heteroatoms.